The summed E-state index contributed by atoms with van der Waals surface area (Å²) in [5.74, 6) is -0.851. The van der Waals surface area contributed by atoms with Gasteiger partial charge in [-0.3, -0.25) is 0 Å². The molecule has 0 aromatic heterocycles. The second-order valence-electron chi connectivity index (χ2n) is 3.39. The number of carboxylic acid groups (broad SMARTS) is 1. The van der Waals surface area contributed by atoms with Gasteiger partial charge in [-0.15, -0.1) is 0 Å². The van der Waals surface area contributed by atoms with E-state index in [1.165, 1.54) is 6.08 Å². The van der Waals surface area contributed by atoms with Crippen LogP contribution in [0.3, 0.4) is 0 Å². The van der Waals surface area contributed by atoms with Crippen molar-refractivity contribution in [3.05, 3.63) is 48.0 Å². The van der Waals surface area contributed by atoms with E-state index in [2.05, 4.69) is 0 Å². The molecule has 2 N–H and O–H groups in total. The Labute approximate surface area is 92.3 Å². The summed E-state index contributed by atoms with van der Waals surface area (Å²) >= 11 is 0. The van der Waals surface area contributed by atoms with Crippen molar-refractivity contribution in [2.75, 3.05) is 0 Å². The number of phenols is 1. The van der Waals surface area contributed by atoms with Crippen LogP contribution in [0.5, 0.6) is 5.75 Å². The molecule has 80 valence electrons. The number of fused-ring (bicyclic) bond motifs is 1. The van der Waals surface area contributed by atoms with Gasteiger partial charge in [0.15, 0.2) is 0 Å². The predicted molar refractivity (Wildman–Crippen MR) is 62.3 cm³/mol. The van der Waals surface area contributed by atoms with Gasteiger partial charge >= 0.3 is 5.97 Å². The summed E-state index contributed by atoms with van der Waals surface area (Å²) in [6.07, 6.45) is 2.53. The molecule has 3 heteroatoms. The van der Waals surface area contributed by atoms with Crippen LogP contribution in [0.25, 0.3) is 16.8 Å². The minimum absolute atomic E-state index is 0.156. The van der Waals surface area contributed by atoms with E-state index in [9.17, 15) is 9.90 Å². The summed E-state index contributed by atoms with van der Waals surface area (Å²) in [7, 11) is 0. The monoisotopic (exact) mass is 214 g/mol. The fraction of sp³-hybridized carbons (Fsp3) is 0. The molecule has 0 spiro atoms. The van der Waals surface area contributed by atoms with E-state index in [0.717, 1.165) is 11.5 Å². The first-order valence-corrected chi connectivity index (χ1v) is 4.80. The fourth-order valence-electron chi connectivity index (χ4n) is 1.65. The number of hydrogen-bond acceptors (Lipinski definition) is 2. The highest BCUT2D eigenvalue weighted by Crippen LogP contribution is 2.28. The SMILES string of the molecule is O=C(O)/C=C\c1cccc2cccc(O)c12. The lowest BCUT2D eigenvalue weighted by Crippen LogP contribution is -1.86. The fourth-order valence-corrected chi connectivity index (χ4v) is 1.65. The number of hydrogen-bond donors (Lipinski definition) is 2. The Kier molecular flexibility index (Phi) is 2.60. The van der Waals surface area contributed by atoms with Gasteiger partial charge in [0, 0.05) is 11.5 Å². The molecule has 0 aliphatic carbocycles. The van der Waals surface area contributed by atoms with Crippen LogP contribution in [-0.2, 0) is 4.79 Å². The minimum Gasteiger partial charge on any atom is -0.507 e. The molecule has 0 unspecified atom stereocenters. The number of benzene rings is 2. The highest BCUT2D eigenvalue weighted by atomic mass is 16.4. The second kappa shape index (κ2) is 4.06. The van der Waals surface area contributed by atoms with Crippen molar-refractivity contribution >= 4 is 22.8 Å². The van der Waals surface area contributed by atoms with E-state index in [0.29, 0.717) is 10.9 Å². The van der Waals surface area contributed by atoms with Gasteiger partial charge in [-0.05, 0) is 23.1 Å². The normalized spacial score (nSPS) is 11.0. The summed E-state index contributed by atoms with van der Waals surface area (Å²) in [6, 6.07) is 10.7. The van der Waals surface area contributed by atoms with Crippen LogP contribution in [-0.4, -0.2) is 16.2 Å². The highest BCUT2D eigenvalue weighted by Gasteiger charge is 2.02. The molecular weight excluding hydrogens is 204 g/mol. The zero-order valence-corrected chi connectivity index (χ0v) is 8.42. The number of carbonyl (C=O) groups is 1. The number of aliphatic carboxylic acids is 1. The average Bonchev–Trinajstić information content (AvgIpc) is 2.26. The standard InChI is InChI=1S/C13H10O3/c14-11-6-2-5-9-3-1-4-10(13(9)11)7-8-12(15)16/h1-8,14H,(H,15,16)/b8-7-. The summed E-state index contributed by atoms with van der Waals surface area (Å²) in [4.78, 5) is 10.4. The highest BCUT2D eigenvalue weighted by molar-refractivity contribution is 5.97. The number of rotatable bonds is 2. The summed E-state index contributed by atoms with van der Waals surface area (Å²) in [5, 5.41) is 19.9. The molecule has 0 aliphatic rings. The van der Waals surface area contributed by atoms with E-state index < -0.39 is 5.97 Å². The van der Waals surface area contributed by atoms with Gasteiger partial charge in [-0.1, -0.05) is 30.3 Å². The quantitative estimate of drug-likeness (QED) is 0.755. The van der Waals surface area contributed by atoms with Crippen LogP contribution in [0, 0.1) is 0 Å². The van der Waals surface area contributed by atoms with E-state index in [-0.39, 0.29) is 5.75 Å². The molecule has 2 rings (SSSR count). The van der Waals surface area contributed by atoms with Gasteiger partial charge in [0.05, 0.1) is 0 Å². The van der Waals surface area contributed by atoms with Crippen LogP contribution in [0.2, 0.25) is 0 Å². The molecule has 0 heterocycles. The van der Waals surface area contributed by atoms with Crippen LogP contribution in [0.1, 0.15) is 5.56 Å². The van der Waals surface area contributed by atoms with Crippen LogP contribution in [0.4, 0.5) is 0 Å². The van der Waals surface area contributed by atoms with Gasteiger partial charge in [0.2, 0.25) is 0 Å². The number of phenolic OH excluding ortho intramolecular Hbond substituents is 1. The molecule has 0 radical (unpaired) electrons. The Hall–Kier alpha value is -2.29. The first kappa shape index (κ1) is 10.2. The summed E-state index contributed by atoms with van der Waals surface area (Å²) in [5.41, 5.74) is 0.693. The van der Waals surface area contributed by atoms with Crippen LogP contribution < -0.4 is 0 Å². The van der Waals surface area contributed by atoms with Crippen molar-refractivity contribution in [1.82, 2.24) is 0 Å². The van der Waals surface area contributed by atoms with Gasteiger partial charge in [0.25, 0.3) is 0 Å². The Morgan fingerprint density at radius 2 is 1.81 bits per heavy atom. The van der Waals surface area contributed by atoms with E-state index in [1.807, 2.05) is 18.2 Å². The lowest BCUT2D eigenvalue weighted by atomic mass is 10.0. The van der Waals surface area contributed by atoms with Crippen molar-refractivity contribution < 1.29 is 15.0 Å². The third-order valence-corrected chi connectivity index (χ3v) is 2.32. The third-order valence-electron chi connectivity index (χ3n) is 2.32. The lowest BCUT2D eigenvalue weighted by Gasteiger charge is -2.04. The summed E-state index contributed by atoms with van der Waals surface area (Å²) < 4.78 is 0. The topological polar surface area (TPSA) is 57.5 Å². The van der Waals surface area contributed by atoms with Crippen molar-refractivity contribution in [1.29, 1.82) is 0 Å². The molecule has 3 nitrogen and oxygen atoms in total. The van der Waals surface area contributed by atoms with Crippen molar-refractivity contribution in [2.45, 2.75) is 0 Å². The molecule has 0 atom stereocenters. The molecule has 0 saturated carbocycles. The Morgan fingerprint density at radius 1 is 1.12 bits per heavy atom. The molecule has 0 aliphatic heterocycles. The van der Waals surface area contributed by atoms with E-state index >= 15 is 0 Å². The van der Waals surface area contributed by atoms with Gasteiger partial charge in [-0.25, -0.2) is 4.79 Å². The zero-order valence-electron chi connectivity index (χ0n) is 8.42. The van der Waals surface area contributed by atoms with Gasteiger partial charge < -0.3 is 10.2 Å². The van der Waals surface area contributed by atoms with Gasteiger partial charge in [-0.2, -0.15) is 0 Å². The maximum absolute atomic E-state index is 10.4. The average molecular weight is 214 g/mol. The van der Waals surface area contributed by atoms with Crippen LogP contribution >= 0.6 is 0 Å². The van der Waals surface area contributed by atoms with Crippen molar-refractivity contribution in [2.24, 2.45) is 0 Å². The largest absolute Gasteiger partial charge is 0.507 e. The van der Waals surface area contributed by atoms with Crippen LogP contribution in [0.15, 0.2) is 42.5 Å². The maximum atomic E-state index is 10.4. The Bertz CT molecular complexity index is 565. The van der Waals surface area contributed by atoms with Gasteiger partial charge in [0.1, 0.15) is 5.75 Å². The van der Waals surface area contributed by atoms with Crippen molar-refractivity contribution in [3.63, 3.8) is 0 Å². The Balaban J connectivity index is 2.65. The first-order valence-electron chi connectivity index (χ1n) is 4.80. The van der Waals surface area contributed by atoms with Crippen molar-refractivity contribution in [3.8, 4) is 5.75 Å². The third kappa shape index (κ3) is 1.88. The molecule has 0 bridgehead atoms. The molecule has 0 saturated heterocycles. The zero-order chi connectivity index (χ0) is 11.5. The molecule has 2 aromatic carbocycles. The molecule has 0 amide bonds. The smallest absolute Gasteiger partial charge is 0.328 e. The Morgan fingerprint density at radius 3 is 2.50 bits per heavy atom. The predicted octanol–water partition coefficient (Wildman–Crippen LogP) is 2.64. The minimum atomic E-state index is -1.01. The number of carboxylic acids is 1. The maximum Gasteiger partial charge on any atom is 0.328 e. The second-order valence-corrected chi connectivity index (χ2v) is 3.39. The molecule has 16 heavy (non-hydrogen) atoms. The van der Waals surface area contributed by atoms with E-state index in [1.54, 1.807) is 18.2 Å². The number of aromatic hydroxyl groups is 1. The molecule has 0 fully saturated rings. The molecule has 2 aromatic rings. The van der Waals surface area contributed by atoms with E-state index in [4.69, 9.17) is 5.11 Å². The lowest BCUT2D eigenvalue weighted by molar-refractivity contribution is -0.131. The molecular formula is C13H10O3. The first-order chi connectivity index (χ1) is 7.68. The summed E-state index contributed by atoms with van der Waals surface area (Å²) in [6.45, 7) is 0.